The Morgan fingerprint density at radius 1 is 0.721 bits per heavy atom. The van der Waals surface area contributed by atoms with Crippen LogP contribution in [0.3, 0.4) is 0 Å². The third kappa shape index (κ3) is 5.63. The highest BCUT2D eigenvalue weighted by molar-refractivity contribution is 7.16. The summed E-state index contributed by atoms with van der Waals surface area (Å²) in [6, 6.07) is 45.9. The van der Waals surface area contributed by atoms with Crippen molar-refractivity contribution in [2.24, 2.45) is 0 Å². The lowest BCUT2D eigenvalue weighted by atomic mass is 9.93. The molecule has 1 aliphatic heterocycles. The van der Waals surface area contributed by atoms with E-state index in [1.807, 2.05) is 42.5 Å². The third-order valence-corrected chi connectivity index (χ3v) is 8.48. The molecule has 1 aliphatic rings. The zero-order chi connectivity index (χ0) is 29.6. The molecule has 2 heterocycles. The Balaban J connectivity index is 1.28. The zero-order valence-corrected chi connectivity index (χ0v) is 24.5. The van der Waals surface area contributed by atoms with Gasteiger partial charge in [-0.25, -0.2) is 0 Å². The molecular weight excluding hydrogens is 545 g/mol. The van der Waals surface area contributed by atoms with Crippen molar-refractivity contribution in [2.45, 2.75) is 6.92 Å². The minimum atomic E-state index is 0.119. The predicted octanol–water partition coefficient (Wildman–Crippen LogP) is 10.1. The fraction of sp³-hybridized carbons (Fsp3) is 0.0526. The number of anilines is 4. The van der Waals surface area contributed by atoms with E-state index in [4.69, 9.17) is 0 Å². The van der Waals surface area contributed by atoms with Gasteiger partial charge in [0.25, 0.3) is 0 Å². The Morgan fingerprint density at radius 3 is 1.95 bits per heavy atom. The molecule has 43 heavy (non-hydrogen) atoms. The number of benzene rings is 4. The number of para-hydroxylation sites is 3. The van der Waals surface area contributed by atoms with Gasteiger partial charge in [0, 0.05) is 55.9 Å². The summed E-state index contributed by atoms with van der Waals surface area (Å²) in [6.07, 6.45) is 6.12. The maximum Gasteiger partial charge on any atom is 0.137 e. The van der Waals surface area contributed by atoms with Crippen molar-refractivity contribution >= 4 is 45.7 Å². The molecule has 0 radical (unpaired) electrons. The molecular formula is C38H28N4S. The van der Waals surface area contributed by atoms with Gasteiger partial charge in [-0.2, -0.15) is 10.5 Å². The van der Waals surface area contributed by atoms with Gasteiger partial charge in [-0.1, -0.05) is 66.7 Å². The lowest BCUT2D eigenvalue weighted by molar-refractivity contribution is 0.970. The average molecular weight is 573 g/mol. The molecule has 4 aromatic carbocycles. The van der Waals surface area contributed by atoms with Gasteiger partial charge in [-0.05, 0) is 85.3 Å². The van der Waals surface area contributed by atoms with E-state index >= 15 is 0 Å². The van der Waals surface area contributed by atoms with Crippen LogP contribution in [0.2, 0.25) is 0 Å². The maximum atomic E-state index is 9.60. The maximum absolute atomic E-state index is 9.60. The van der Waals surface area contributed by atoms with Crippen LogP contribution in [0.4, 0.5) is 22.7 Å². The molecule has 1 aromatic heterocycles. The molecule has 5 heteroatoms. The number of thiophene rings is 1. The van der Waals surface area contributed by atoms with E-state index in [0.29, 0.717) is 5.57 Å². The molecule has 0 bridgehead atoms. The molecule has 6 rings (SSSR count). The number of nitriles is 2. The first-order valence-corrected chi connectivity index (χ1v) is 14.9. The molecule has 0 unspecified atom stereocenters. The number of allylic oxidation sites excluding steroid dienone is 4. The Bertz CT molecular complexity index is 1860. The SMILES string of the molecule is CCN1C(/C=C/c2ccc(-c3ccc(N(c4ccccc4)c4ccccc4)cc3)s2)=CC(=C(C#N)C#N)c2ccccc21. The molecule has 0 N–H and O–H groups in total. The Morgan fingerprint density at radius 2 is 1.33 bits per heavy atom. The Kier molecular flexibility index (Phi) is 8.00. The first-order chi connectivity index (χ1) is 21.2. The van der Waals surface area contributed by atoms with E-state index in [0.717, 1.165) is 51.0 Å². The lowest BCUT2D eigenvalue weighted by Gasteiger charge is -2.31. The van der Waals surface area contributed by atoms with Crippen molar-refractivity contribution in [1.29, 1.82) is 10.5 Å². The summed E-state index contributed by atoms with van der Waals surface area (Å²) in [4.78, 5) is 6.77. The molecule has 0 fully saturated rings. The average Bonchev–Trinajstić information content (AvgIpc) is 3.55. The molecule has 0 saturated carbocycles. The number of rotatable bonds is 7. The highest BCUT2D eigenvalue weighted by Gasteiger charge is 2.22. The van der Waals surface area contributed by atoms with Crippen LogP contribution in [-0.4, -0.2) is 6.54 Å². The number of hydrogen-bond donors (Lipinski definition) is 0. The molecule has 0 atom stereocenters. The van der Waals surface area contributed by atoms with Crippen LogP contribution >= 0.6 is 11.3 Å². The van der Waals surface area contributed by atoms with Crippen molar-refractivity contribution in [3.63, 3.8) is 0 Å². The fourth-order valence-corrected chi connectivity index (χ4v) is 6.28. The smallest absolute Gasteiger partial charge is 0.137 e. The van der Waals surface area contributed by atoms with Gasteiger partial charge < -0.3 is 9.80 Å². The van der Waals surface area contributed by atoms with E-state index in [2.05, 4.69) is 126 Å². The molecule has 0 aliphatic carbocycles. The van der Waals surface area contributed by atoms with Gasteiger partial charge in [0.1, 0.15) is 17.7 Å². The van der Waals surface area contributed by atoms with Gasteiger partial charge in [-0.3, -0.25) is 0 Å². The summed E-state index contributed by atoms with van der Waals surface area (Å²) in [6.45, 7) is 2.87. The van der Waals surface area contributed by atoms with Crippen molar-refractivity contribution < 1.29 is 0 Å². The third-order valence-electron chi connectivity index (χ3n) is 7.38. The number of nitrogens with zero attached hydrogens (tertiary/aromatic N) is 4. The van der Waals surface area contributed by atoms with E-state index < -0.39 is 0 Å². The second-order valence-corrected chi connectivity index (χ2v) is 11.0. The van der Waals surface area contributed by atoms with Gasteiger partial charge in [0.05, 0.1) is 0 Å². The number of fused-ring (bicyclic) bond motifs is 1. The van der Waals surface area contributed by atoms with Crippen LogP contribution in [0.25, 0.3) is 22.1 Å². The van der Waals surface area contributed by atoms with Gasteiger partial charge in [0.2, 0.25) is 0 Å². The summed E-state index contributed by atoms with van der Waals surface area (Å²) in [7, 11) is 0. The van der Waals surface area contributed by atoms with Crippen LogP contribution in [0.1, 0.15) is 17.4 Å². The minimum absolute atomic E-state index is 0.119. The quantitative estimate of drug-likeness (QED) is 0.182. The van der Waals surface area contributed by atoms with Gasteiger partial charge in [-0.15, -0.1) is 11.3 Å². The second-order valence-electron chi connectivity index (χ2n) is 9.93. The first kappa shape index (κ1) is 27.5. The normalized spacial score (nSPS) is 12.3. The Labute approximate surface area is 256 Å². The van der Waals surface area contributed by atoms with Crippen LogP contribution in [0.5, 0.6) is 0 Å². The van der Waals surface area contributed by atoms with Gasteiger partial charge >= 0.3 is 0 Å². The van der Waals surface area contributed by atoms with Crippen LogP contribution < -0.4 is 9.80 Å². The van der Waals surface area contributed by atoms with E-state index in [1.165, 1.54) is 4.88 Å². The van der Waals surface area contributed by atoms with Crippen molar-refractivity contribution in [2.75, 3.05) is 16.3 Å². The summed E-state index contributed by atoms with van der Waals surface area (Å²) in [5.41, 5.74) is 8.11. The lowest BCUT2D eigenvalue weighted by Crippen LogP contribution is -2.25. The molecule has 0 amide bonds. The van der Waals surface area contributed by atoms with Crippen molar-refractivity contribution in [1.82, 2.24) is 0 Å². The molecule has 5 aromatic rings. The summed E-state index contributed by atoms with van der Waals surface area (Å²) in [5, 5.41) is 19.2. The van der Waals surface area contributed by atoms with Crippen LogP contribution in [0.15, 0.2) is 145 Å². The molecule has 206 valence electrons. The highest BCUT2D eigenvalue weighted by atomic mass is 32.1. The van der Waals surface area contributed by atoms with Crippen molar-refractivity contribution in [3.8, 4) is 22.6 Å². The highest BCUT2D eigenvalue weighted by Crippen LogP contribution is 2.39. The van der Waals surface area contributed by atoms with E-state index in [1.54, 1.807) is 11.3 Å². The predicted molar refractivity (Wildman–Crippen MR) is 179 cm³/mol. The summed E-state index contributed by atoms with van der Waals surface area (Å²) < 4.78 is 0. The number of likely N-dealkylation sites (N-methyl/N-ethyl adjacent to an activating group) is 1. The van der Waals surface area contributed by atoms with Gasteiger partial charge in [0.15, 0.2) is 0 Å². The van der Waals surface area contributed by atoms with Crippen LogP contribution in [-0.2, 0) is 0 Å². The zero-order valence-electron chi connectivity index (χ0n) is 23.7. The second kappa shape index (κ2) is 12.5. The minimum Gasteiger partial charge on any atom is -0.341 e. The molecule has 0 spiro atoms. The van der Waals surface area contributed by atoms with E-state index in [9.17, 15) is 10.5 Å². The van der Waals surface area contributed by atoms with Crippen molar-refractivity contribution in [3.05, 3.63) is 155 Å². The standard InChI is InChI=1S/C38H28N4S/c1-2-41-33(25-36(29(26-39)27-40)35-15-9-10-16-37(35)41)21-22-34-23-24-38(43-34)28-17-19-32(20-18-28)42(30-11-5-3-6-12-30)31-13-7-4-8-14-31/h3-25H,2H2,1H3/b22-21+. The monoisotopic (exact) mass is 572 g/mol. The molecule has 4 nitrogen and oxygen atoms in total. The van der Waals surface area contributed by atoms with E-state index in [-0.39, 0.29) is 5.57 Å². The fourth-order valence-electron chi connectivity index (χ4n) is 5.36. The Hall–Kier alpha value is -5.62. The number of hydrogen-bond acceptors (Lipinski definition) is 5. The topological polar surface area (TPSA) is 54.1 Å². The molecule has 0 saturated heterocycles. The summed E-state index contributed by atoms with van der Waals surface area (Å²) >= 11 is 1.73. The summed E-state index contributed by atoms with van der Waals surface area (Å²) in [5.74, 6) is 0. The first-order valence-electron chi connectivity index (χ1n) is 14.1. The largest absolute Gasteiger partial charge is 0.341 e. The van der Waals surface area contributed by atoms with Crippen LogP contribution in [0, 0.1) is 22.7 Å².